The maximum atomic E-state index is 13.3. The third-order valence-corrected chi connectivity index (χ3v) is 6.35. The first-order valence-electron chi connectivity index (χ1n) is 9.42. The number of aliphatic hydroxyl groups is 1. The van der Waals surface area contributed by atoms with Crippen molar-refractivity contribution in [1.82, 2.24) is 4.98 Å². The number of carbonyl (C=O) groups excluding carboxylic acids is 3. The Kier molecular flexibility index (Phi) is 5.62. The number of amides is 1. The standard InChI is InChI=1S/C22H17ClN2O6S/c1-10-4-9-14(31-10)17(26)15-16(12-5-7-13(23)8-6-12)25(20(28)18(15)27)22-24-11(2)19(32-22)21(29)30-3/h4-9,16,27H,1-3H3. The highest BCUT2D eigenvalue weighted by molar-refractivity contribution is 7.17. The van der Waals surface area contributed by atoms with Crippen LogP contribution in [-0.4, -0.2) is 34.9 Å². The van der Waals surface area contributed by atoms with Gasteiger partial charge in [0.05, 0.1) is 24.4 Å². The Morgan fingerprint density at radius 1 is 1.19 bits per heavy atom. The molecule has 0 aliphatic carbocycles. The number of nitrogens with zero attached hydrogens (tertiary/aromatic N) is 2. The lowest BCUT2D eigenvalue weighted by atomic mass is 9.95. The molecule has 0 saturated heterocycles. The number of ether oxygens (including phenoxy) is 1. The van der Waals surface area contributed by atoms with Crippen molar-refractivity contribution in [2.75, 3.05) is 12.0 Å². The Bertz CT molecular complexity index is 1270. The summed E-state index contributed by atoms with van der Waals surface area (Å²) in [7, 11) is 1.24. The van der Waals surface area contributed by atoms with Gasteiger partial charge in [-0.1, -0.05) is 35.1 Å². The van der Waals surface area contributed by atoms with Crippen molar-refractivity contribution in [1.29, 1.82) is 0 Å². The SMILES string of the molecule is COC(=O)c1sc(N2C(=O)C(O)=C(C(=O)c3ccc(C)o3)C2c2ccc(Cl)cc2)nc1C. The van der Waals surface area contributed by atoms with Gasteiger partial charge in [0.25, 0.3) is 5.91 Å². The van der Waals surface area contributed by atoms with Crippen LogP contribution in [0.25, 0.3) is 0 Å². The van der Waals surface area contributed by atoms with Crippen molar-refractivity contribution in [2.45, 2.75) is 19.9 Å². The average molecular weight is 473 g/mol. The zero-order valence-electron chi connectivity index (χ0n) is 17.2. The van der Waals surface area contributed by atoms with Gasteiger partial charge in [0.1, 0.15) is 10.6 Å². The van der Waals surface area contributed by atoms with E-state index in [9.17, 15) is 19.5 Å². The second kappa shape index (κ2) is 8.25. The van der Waals surface area contributed by atoms with E-state index < -0.39 is 29.5 Å². The van der Waals surface area contributed by atoms with Gasteiger partial charge in [-0.25, -0.2) is 9.78 Å². The number of methoxy groups -OCH3 is 1. The number of aryl methyl sites for hydroxylation is 2. The van der Waals surface area contributed by atoms with E-state index in [0.717, 1.165) is 11.3 Å². The van der Waals surface area contributed by atoms with Gasteiger partial charge in [-0.15, -0.1) is 0 Å². The van der Waals surface area contributed by atoms with E-state index >= 15 is 0 Å². The molecule has 1 amide bonds. The third kappa shape index (κ3) is 3.59. The Morgan fingerprint density at radius 3 is 2.47 bits per heavy atom. The number of aliphatic hydroxyl groups excluding tert-OH is 1. The highest BCUT2D eigenvalue weighted by atomic mass is 35.5. The minimum atomic E-state index is -1.01. The van der Waals surface area contributed by atoms with Crippen LogP contribution in [0, 0.1) is 13.8 Å². The number of carbonyl (C=O) groups is 3. The lowest BCUT2D eigenvalue weighted by molar-refractivity contribution is -0.117. The lowest BCUT2D eigenvalue weighted by Gasteiger charge is -2.24. The molecule has 1 aliphatic rings. The average Bonchev–Trinajstić information content (AvgIpc) is 3.44. The fraction of sp³-hybridized carbons (Fsp3) is 0.182. The molecule has 1 aromatic carbocycles. The molecule has 0 spiro atoms. The fourth-order valence-corrected chi connectivity index (χ4v) is 4.59. The van der Waals surface area contributed by atoms with E-state index in [-0.39, 0.29) is 21.3 Å². The Balaban J connectivity index is 1.87. The minimum absolute atomic E-state index is 0.0109. The Labute approximate surface area is 191 Å². The summed E-state index contributed by atoms with van der Waals surface area (Å²) in [5.41, 5.74) is 0.727. The highest BCUT2D eigenvalue weighted by Gasteiger charge is 2.46. The normalized spacial score (nSPS) is 16.1. The number of aromatic nitrogens is 1. The summed E-state index contributed by atoms with van der Waals surface area (Å²) in [6.07, 6.45) is 0. The quantitative estimate of drug-likeness (QED) is 0.427. The Hall–Kier alpha value is -3.43. The lowest BCUT2D eigenvalue weighted by Crippen LogP contribution is -2.31. The van der Waals surface area contributed by atoms with Crippen LogP contribution >= 0.6 is 22.9 Å². The number of rotatable bonds is 5. The highest BCUT2D eigenvalue weighted by Crippen LogP contribution is 2.44. The molecule has 3 heterocycles. The molecule has 8 nitrogen and oxygen atoms in total. The molecule has 32 heavy (non-hydrogen) atoms. The van der Waals surface area contributed by atoms with Gasteiger partial charge in [0, 0.05) is 5.02 Å². The smallest absolute Gasteiger partial charge is 0.350 e. The van der Waals surface area contributed by atoms with E-state index in [1.54, 1.807) is 44.2 Å². The summed E-state index contributed by atoms with van der Waals surface area (Å²) >= 11 is 6.95. The summed E-state index contributed by atoms with van der Waals surface area (Å²) in [6, 6.07) is 8.61. The fourth-order valence-electron chi connectivity index (χ4n) is 3.45. The molecule has 2 aromatic heterocycles. The summed E-state index contributed by atoms with van der Waals surface area (Å²) in [4.78, 5) is 44.2. The zero-order valence-corrected chi connectivity index (χ0v) is 18.8. The van der Waals surface area contributed by atoms with E-state index in [2.05, 4.69) is 4.98 Å². The molecular formula is C22H17ClN2O6S. The number of halogens is 1. The molecule has 4 rings (SSSR count). The molecule has 1 atom stereocenters. The van der Waals surface area contributed by atoms with Crippen LogP contribution in [-0.2, 0) is 9.53 Å². The van der Waals surface area contributed by atoms with Crippen LogP contribution in [0.1, 0.15) is 43.3 Å². The first-order chi connectivity index (χ1) is 15.2. The van der Waals surface area contributed by atoms with Crippen molar-refractivity contribution in [3.8, 4) is 0 Å². The molecule has 1 aliphatic heterocycles. The summed E-state index contributed by atoms with van der Waals surface area (Å²) in [5, 5.41) is 11.3. The van der Waals surface area contributed by atoms with Crippen molar-refractivity contribution in [2.24, 2.45) is 0 Å². The number of thiazole rings is 1. The second-order valence-electron chi connectivity index (χ2n) is 7.03. The third-order valence-electron chi connectivity index (χ3n) is 4.96. The van der Waals surface area contributed by atoms with Crippen LogP contribution in [0.3, 0.4) is 0 Å². The summed E-state index contributed by atoms with van der Waals surface area (Å²) < 4.78 is 10.2. The van der Waals surface area contributed by atoms with E-state index in [4.69, 9.17) is 20.8 Å². The number of benzene rings is 1. The first kappa shape index (κ1) is 21.8. The van der Waals surface area contributed by atoms with Crippen LogP contribution < -0.4 is 4.90 Å². The second-order valence-corrected chi connectivity index (χ2v) is 8.45. The number of furan rings is 1. The largest absolute Gasteiger partial charge is 0.503 e. The molecule has 1 unspecified atom stereocenters. The van der Waals surface area contributed by atoms with Gasteiger partial charge >= 0.3 is 5.97 Å². The number of anilines is 1. The van der Waals surface area contributed by atoms with Gasteiger partial charge < -0.3 is 14.3 Å². The maximum absolute atomic E-state index is 13.3. The van der Waals surface area contributed by atoms with Crippen LogP contribution in [0.2, 0.25) is 5.02 Å². The minimum Gasteiger partial charge on any atom is -0.503 e. The molecule has 0 bridgehead atoms. The number of Topliss-reactive ketones (excluding diaryl/α,β-unsaturated/α-hetero) is 1. The predicted molar refractivity (Wildman–Crippen MR) is 117 cm³/mol. The Morgan fingerprint density at radius 2 is 1.88 bits per heavy atom. The number of esters is 1. The van der Waals surface area contributed by atoms with Crippen LogP contribution in [0.4, 0.5) is 5.13 Å². The molecule has 0 radical (unpaired) electrons. The van der Waals surface area contributed by atoms with Crippen LogP contribution in [0.5, 0.6) is 0 Å². The number of hydrogen-bond donors (Lipinski definition) is 1. The summed E-state index contributed by atoms with van der Waals surface area (Å²) in [6.45, 7) is 3.29. The number of ketones is 1. The van der Waals surface area contributed by atoms with Crippen molar-refractivity contribution in [3.63, 3.8) is 0 Å². The van der Waals surface area contributed by atoms with E-state index in [1.807, 2.05) is 0 Å². The first-order valence-corrected chi connectivity index (χ1v) is 10.6. The molecule has 1 N–H and O–H groups in total. The maximum Gasteiger partial charge on any atom is 0.350 e. The van der Waals surface area contributed by atoms with Crippen molar-refractivity contribution >= 4 is 45.7 Å². The molecule has 0 fully saturated rings. The monoisotopic (exact) mass is 472 g/mol. The predicted octanol–water partition coefficient (Wildman–Crippen LogP) is 4.58. The van der Waals surface area contributed by atoms with Gasteiger partial charge in [0.2, 0.25) is 5.78 Å². The van der Waals surface area contributed by atoms with Crippen LogP contribution in [0.15, 0.2) is 52.1 Å². The van der Waals surface area contributed by atoms with Gasteiger partial charge in [0.15, 0.2) is 16.7 Å². The molecular weight excluding hydrogens is 456 g/mol. The summed E-state index contributed by atoms with van der Waals surface area (Å²) in [5.74, 6) is -2.26. The van der Waals surface area contributed by atoms with Crippen molar-refractivity contribution < 1.29 is 28.6 Å². The number of hydrogen-bond acceptors (Lipinski definition) is 8. The molecule has 10 heteroatoms. The topological polar surface area (TPSA) is 110 Å². The zero-order chi connectivity index (χ0) is 23.2. The van der Waals surface area contributed by atoms with Gasteiger partial charge in [-0.3, -0.25) is 14.5 Å². The molecule has 164 valence electrons. The van der Waals surface area contributed by atoms with Crippen molar-refractivity contribution in [3.05, 3.63) is 80.4 Å². The van der Waals surface area contributed by atoms with Gasteiger partial charge in [-0.05, 0) is 43.7 Å². The molecule has 0 saturated carbocycles. The van der Waals surface area contributed by atoms with E-state index in [1.165, 1.54) is 18.1 Å². The van der Waals surface area contributed by atoms with E-state index in [0.29, 0.717) is 22.0 Å². The molecule has 3 aromatic rings. The van der Waals surface area contributed by atoms with Gasteiger partial charge in [-0.2, -0.15) is 0 Å².